The van der Waals surface area contributed by atoms with Crippen LogP contribution in [0.4, 0.5) is 0 Å². The Hall–Kier alpha value is -3.29. The molecule has 7 heteroatoms. The van der Waals surface area contributed by atoms with Crippen LogP contribution in [0.25, 0.3) is 6.08 Å². The smallest absolute Gasteiger partial charge is 0.262 e. The van der Waals surface area contributed by atoms with Crippen LogP contribution in [-0.2, 0) is 4.79 Å². The third-order valence-corrected chi connectivity index (χ3v) is 4.45. The number of carbonyl (C=O) groups excluding carboxylic acids is 1. The summed E-state index contributed by atoms with van der Waals surface area (Å²) in [5.74, 6) is 0.284. The summed E-state index contributed by atoms with van der Waals surface area (Å²) in [4.78, 5) is 12.5. The second-order valence-corrected chi connectivity index (χ2v) is 6.61. The highest BCUT2D eigenvalue weighted by Gasteiger charge is 2.16. The Bertz CT molecular complexity index is 959. The molecular weight excluding hydrogens is 422 g/mol. The molecule has 1 amide bonds. The lowest BCUT2D eigenvalue weighted by molar-refractivity contribution is -0.117. The monoisotopic (exact) mass is 439 g/mol. The van der Waals surface area contributed by atoms with Gasteiger partial charge in [0.15, 0.2) is 18.1 Å². The molecular formula is C21H18BrN3O3. The Morgan fingerprint density at radius 2 is 2.00 bits per heavy atom. The molecule has 0 spiro atoms. The van der Waals surface area contributed by atoms with E-state index in [0.29, 0.717) is 21.5 Å². The van der Waals surface area contributed by atoms with Crippen molar-refractivity contribution in [2.75, 3.05) is 13.7 Å². The Morgan fingerprint density at radius 3 is 2.61 bits per heavy atom. The summed E-state index contributed by atoms with van der Waals surface area (Å²) >= 11 is 3.36. The standard InChI is InChI=1S/C21H18BrN3O3/c1-14(16-6-4-3-5-7-16)25-21(26)17(13-24)10-15-11-18(22)20(28-9-8-23)19(12-15)27-2/h3-7,10-12,14H,9H2,1-2H3,(H,25,26)/b17-10+/t14-/m0/s1. The number of halogens is 1. The van der Waals surface area contributed by atoms with Crippen molar-refractivity contribution in [1.82, 2.24) is 5.32 Å². The maximum atomic E-state index is 12.5. The predicted molar refractivity (Wildman–Crippen MR) is 108 cm³/mol. The van der Waals surface area contributed by atoms with E-state index in [9.17, 15) is 10.1 Å². The van der Waals surface area contributed by atoms with Crippen LogP contribution >= 0.6 is 15.9 Å². The zero-order chi connectivity index (χ0) is 20.5. The van der Waals surface area contributed by atoms with Gasteiger partial charge in [0, 0.05) is 0 Å². The van der Waals surface area contributed by atoms with Gasteiger partial charge < -0.3 is 14.8 Å². The summed E-state index contributed by atoms with van der Waals surface area (Å²) in [6.07, 6.45) is 1.47. The summed E-state index contributed by atoms with van der Waals surface area (Å²) in [5, 5.41) is 20.9. The van der Waals surface area contributed by atoms with Gasteiger partial charge in [0.1, 0.15) is 17.7 Å². The second kappa shape index (κ2) is 10.1. The molecule has 0 aliphatic heterocycles. The van der Waals surface area contributed by atoms with Crippen LogP contribution in [0, 0.1) is 22.7 Å². The van der Waals surface area contributed by atoms with Crippen molar-refractivity contribution >= 4 is 27.9 Å². The highest BCUT2D eigenvalue weighted by atomic mass is 79.9. The van der Waals surface area contributed by atoms with Gasteiger partial charge >= 0.3 is 0 Å². The second-order valence-electron chi connectivity index (χ2n) is 5.76. The SMILES string of the molecule is COc1cc(/C=C(\C#N)C(=O)N[C@@H](C)c2ccccc2)cc(Br)c1OCC#N. The molecule has 0 aliphatic carbocycles. The lowest BCUT2D eigenvalue weighted by Gasteiger charge is -2.14. The number of hydrogen-bond donors (Lipinski definition) is 1. The van der Waals surface area contributed by atoms with Crippen LogP contribution in [0.3, 0.4) is 0 Å². The molecule has 1 N–H and O–H groups in total. The molecule has 0 bridgehead atoms. The molecule has 6 nitrogen and oxygen atoms in total. The summed E-state index contributed by atoms with van der Waals surface area (Å²) in [5.41, 5.74) is 1.48. The summed E-state index contributed by atoms with van der Waals surface area (Å²) in [7, 11) is 1.47. The maximum absolute atomic E-state index is 12.5. The number of carbonyl (C=O) groups is 1. The molecule has 0 saturated carbocycles. The summed E-state index contributed by atoms with van der Waals surface area (Å²) in [6.45, 7) is 1.72. The largest absolute Gasteiger partial charge is 0.493 e. The van der Waals surface area contributed by atoms with Crippen molar-refractivity contribution in [1.29, 1.82) is 10.5 Å². The van der Waals surface area contributed by atoms with Gasteiger partial charge in [-0.05, 0) is 52.2 Å². The fourth-order valence-electron chi connectivity index (χ4n) is 2.48. The van der Waals surface area contributed by atoms with E-state index in [1.807, 2.05) is 49.4 Å². The normalized spacial score (nSPS) is 11.7. The number of rotatable bonds is 7. The first kappa shape index (κ1) is 21.0. The molecule has 0 unspecified atom stereocenters. The third-order valence-electron chi connectivity index (χ3n) is 3.86. The lowest BCUT2D eigenvalue weighted by atomic mass is 10.1. The van der Waals surface area contributed by atoms with Crippen LogP contribution in [0.15, 0.2) is 52.5 Å². The summed E-state index contributed by atoms with van der Waals surface area (Å²) < 4.78 is 11.2. The fourth-order valence-corrected chi connectivity index (χ4v) is 3.06. The number of amides is 1. The zero-order valence-corrected chi connectivity index (χ0v) is 17.0. The van der Waals surface area contributed by atoms with E-state index in [2.05, 4.69) is 21.2 Å². The molecule has 0 saturated heterocycles. The van der Waals surface area contributed by atoms with E-state index in [4.69, 9.17) is 14.7 Å². The molecule has 1 atom stereocenters. The van der Waals surface area contributed by atoms with E-state index in [-0.39, 0.29) is 18.2 Å². The van der Waals surface area contributed by atoms with Gasteiger partial charge in [-0.25, -0.2) is 0 Å². The molecule has 2 aromatic rings. The Kier molecular flexibility index (Phi) is 7.62. The van der Waals surface area contributed by atoms with E-state index < -0.39 is 5.91 Å². The third kappa shape index (κ3) is 5.35. The first-order valence-electron chi connectivity index (χ1n) is 8.35. The molecule has 2 aromatic carbocycles. The highest BCUT2D eigenvalue weighted by molar-refractivity contribution is 9.10. The number of methoxy groups -OCH3 is 1. The molecule has 0 radical (unpaired) electrons. The van der Waals surface area contributed by atoms with Crippen LogP contribution in [0.5, 0.6) is 11.5 Å². The molecule has 0 aromatic heterocycles. The van der Waals surface area contributed by atoms with Crippen LogP contribution in [-0.4, -0.2) is 19.6 Å². The van der Waals surface area contributed by atoms with E-state index in [0.717, 1.165) is 5.56 Å². The maximum Gasteiger partial charge on any atom is 0.262 e. The van der Waals surface area contributed by atoms with Crippen molar-refractivity contribution < 1.29 is 14.3 Å². The van der Waals surface area contributed by atoms with Gasteiger partial charge in [0.2, 0.25) is 0 Å². The number of nitrogens with one attached hydrogen (secondary N) is 1. The predicted octanol–water partition coefficient (Wildman–Crippen LogP) is 4.14. The van der Waals surface area contributed by atoms with Crippen molar-refractivity contribution in [2.45, 2.75) is 13.0 Å². The first-order valence-corrected chi connectivity index (χ1v) is 9.14. The molecule has 2 rings (SSSR count). The van der Waals surface area contributed by atoms with Gasteiger partial charge in [-0.15, -0.1) is 0 Å². The Labute approximate surface area is 172 Å². The van der Waals surface area contributed by atoms with E-state index in [1.54, 1.807) is 12.1 Å². The van der Waals surface area contributed by atoms with Crippen LogP contribution in [0.2, 0.25) is 0 Å². The Morgan fingerprint density at radius 1 is 1.29 bits per heavy atom. The minimum atomic E-state index is -0.473. The van der Waals surface area contributed by atoms with E-state index in [1.165, 1.54) is 13.2 Å². The van der Waals surface area contributed by atoms with Crippen LogP contribution < -0.4 is 14.8 Å². The number of hydrogen-bond acceptors (Lipinski definition) is 5. The first-order chi connectivity index (χ1) is 13.5. The van der Waals surface area contributed by atoms with Gasteiger partial charge in [0.25, 0.3) is 5.91 Å². The van der Waals surface area contributed by atoms with E-state index >= 15 is 0 Å². The van der Waals surface area contributed by atoms with Crippen molar-refractivity contribution in [3.63, 3.8) is 0 Å². The van der Waals surface area contributed by atoms with Crippen LogP contribution in [0.1, 0.15) is 24.1 Å². The minimum Gasteiger partial charge on any atom is -0.493 e. The number of nitriles is 2. The van der Waals surface area contributed by atoms with Gasteiger partial charge in [-0.1, -0.05) is 30.3 Å². The average molecular weight is 440 g/mol. The highest BCUT2D eigenvalue weighted by Crippen LogP contribution is 2.37. The fraction of sp³-hybridized carbons (Fsp3) is 0.190. The molecule has 0 fully saturated rings. The molecule has 0 aliphatic rings. The Balaban J connectivity index is 2.26. The van der Waals surface area contributed by atoms with Gasteiger partial charge in [0.05, 0.1) is 17.6 Å². The number of ether oxygens (including phenoxy) is 2. The van der Waals surface area contributed by atoms with Crippen molar-refractivity contribution in [2.24, 2.45) is 0 Å². The molecule has 0 heterocycles. The minimum absolute atomic E-state index is 0.0394. The topological polar surface area (TPSA) is 95.1 Å². The molecule has 28 heavy (non-hydrogen) atoms. The molecule has 142 valence electrons. The van der Waals surface area contributed by atoms with Gasteiger partial charge in [-0.2, -0.15) is 10.5 Å². The quantitative estimate of drug-likeness (QED) is 0.516. The average Bonchev–Trinajstić information content (AvgIpc) is 2.71. The number of benzene rings is 2. The zero-order valence-electron chi connectivity index (χ0n) is 15.4. The lowest BCUT2D eigenvalue weighted by Crippen LogP contribution is -2.27. The van der Waals surface area contributed by atoms with Crippen molar-refractivity contribution in [3.8, 4) is 23.6 Å². The summed E-state index contributed by atoms with van der Waals surface area (Å²) in [6, 6.07) is 16.4. The van der Waals surface area contributed by atoms with Crippen molar-refractivity contribution in [3.05, 3.63) is 63.6 Å². The number of nitrogens with zero attached hydrogens (tertiary/aromatic N) is 2. The van der Waals surface area contributed by atoms with Gasteiger partial charge in [-0.3, -0.25) is 4.79 Å².